The molecule has 0 aromatic heterocycles. The normalized spacial score (nSPS) is 14.5. The lowest BCUT2D eigenvalue weighted by Gasteiger charge is -2.24. The topological polar surface area (TPSA) is 0 Å². The van der Waals surface area contributed by atoms with Gasteiger partial charge in [-0.1, -0.05) is 179 Å². The highest BCUT2D eigenvalue weighted by atomic mass is 14.4. The Labute approximate surface area is 340 Å². The van der Waals surface area contributed by atoms with Gasteiger partial charge in [0.15, 0.2) is 0 Å². The Hall–Kier alpha value is -6.76. The van der Waals surface area contributed by atoms with E-state index in [4.69, 9.17) is 0 Å². The van der Waals surface area contributed by atoms with Crippen LogP contribution in [0.4, 0.5) is 0 Å². The monoisotopic (exact) mass is 738 g/mol. The standard InChI is InChI=1S/C58H42/c1-57(2)51-24-14-12-20-40(51)42-28-26-37(31-53(42)57)55-44-22-10-11-23-45(44)56(38-27-29-43-41-21-13-15-25-52(41)58(3,4)54(43)32-38)50-34-48-46(35-16-6-5-7-17-35)30-36-18-8-9-19-39(36)47(48)33-49(50)55/h5-34H,1-4H3. The molecule has 2 aliphatic carbocycles. The molecule has 0 amide bonds. The van der Waals surface area contributed by atoms with E-state index in [0.29, 0.717) is 0 Å². The molecule has 0 atom stereocenters. The van der Waals surface area contributed by atoms with Gasteiger partial charge in [-0.3, -0.25) is 0 Å². The number of rotatable bonds is 3. The number of hydrogen-bond donors (Lipinski definition) is 0. The fourth-order valence-corrected chi connectivity index (χ4v) is 11.0. The average molecular weight is 739 g/mol. The van der Waals surface area contributed by atoms with E-state index in [1.54, 1.807) is 0 Å². The molecule has 0 heteroatoms. The Balaban J connectivity index is 1.23. The van der Waals surface area contributed by atoms with Crippen LogP contribution in [0.2, 0.25) is 0 Å². The van der Waals surface area contributed by atoms with Gasteiger partial charge in [-0.25, -0.2) is 0 Å². The van der Waals surface area contributed by atoms with E-state index in [1.165, 1.54) is 121 Å². The average Bonchev–Trinajstić information content (AvgIpc) is 3.63. The second-order valence-corrected chi connectivity index (χ2v) is 17.6. The third kappa shape index (κ3) is 4.52. The van der Waals surface area contributed by atoms with Gasteiger partial charge >= 0.3 is 0 Å². The number of fused-ring (bicyclic) bond motifs is 11. The van der Waals surface area contributed by atoms with Crippen LogP contribution in [0.3, 0.4) is 0 Å². The molecule has 0 bridgehead atoms. The molecule has 0 saturated carbocycles. The maximum atomic E-state index is 2.53. The lowest BCUT2D eigenvalue weighted by molar-refractivity contribution is 0.660. The molecule has 58 heavy (non-hydrogen) atoms. The van der Waals surface area contributed by atoms with E-state index in [-0.39, 0.29) is 10.8 Å². The van der Waals surface area contributed by atoms with Gasteiger partial charge in [0.05, 0.1) is 0 Å². The molecule has 0 nitrogen and oxygen atoms in total. The summed E-state index contributed by atoms with van der Waals surface area (Å²) < 4.78 is 0. The highest BCUT2D eigenvalue weighted by Crippen LogP contribution is 2.54. The molecule has 0 fully saturated rings. The second-order valence-electron chi connectivity index (χ2n) is 17.6. The quantitative estimate of drug-likeness (QED) is 0.125. The largest absolute Gasteiger partial charge is 0.0622 e. The minimum atomic E-state index is -0.103. The van der Waals surface area contributed by atoms with Crippen molar-refractivity contribution in [3.8, 4) is 55.6 Å². The smallest absolute Gasteiger partial charge is 0.0159 e. The van der Waals surface area contributed by atoms with Crippen LogP contribution in [0.25, 0.3) is 98.7 Å². The maximum absolute atomic E-state index is 2.53. The molecule has 0 unspecified atom stereocenters. The molecule has 0 radical (unpaired) electrons. The maximum Gasteiger partial charge on any atom is 0.0159 e. The van der Waals surface area contributed by atoms with Crippen molar-refractivity contribution in [3.05, 3.63) is 204 Å². The summed E-state index contributed by atoms with van der Waals surface area (Å²) in [4.78, 5) is 0. The summed E-state index contributed by atoms with van der Waals surface area (Å²) in [6.45, 7) is 9.55. The van der Waals surface area contributed by atoms with Crippen molar-refractivity contribution >= 4 is 43.1 Å². The zero-order valence-corrected chi connectivity index (χ0v) is 33.3. The van der Waals surface area contributed by atoms with Crippen LogP contribution in [0.1, 0.15) is 49.9 Å². The van der Waals surface area contributed by atoms with Crippen molar-refractivity contribution in [3.63, 3.8) is 0 Å². The molecule has 274 valence electrons. The van der Waals surface area contributed by atoms with Crippen LogP contribution >= 0.6 is 0 Å². The van der Waals surface area contributed by atoms with Crippen LogP contribution in [-0.4, -0.2) is 0 Å². The highest BCUT2D eigenvalue weighted by molar-refractivity contribution is 6.27. The van der Waals surface area contributed by atoms with Crippen molar-refractivity contribution in [2.24, 2.45) is 0 Å². The number of benzene rings is 10. The summed E-state index contributed by atoms with van der Waals surface area (Å²) in [5.41, 5.74) is 18.4. The summed E-state index contributed by atoms with van der Waals surface area (Å²) in [5.74, 6) is 0. The summed E-state index contributed by atoms with van der Waals surface area (Å²) >= 11 is 0. The van der Waals surface area contributed by atoms with Crippen LogP contribution in [0.15, 0.2) is 182 Å². The van der Waals surface area contributed by atoms with Gasteiger partial charge in [0.1, 0.15) is 0 Å². The van der Waals surface area contributed by atoms with Gasteiger partial charge in [0.2, 0.25) is 0 Å². The van der Waals surface area contributed by atoms with E-state index in [2.05, 4.69) is 210 Å². The molecule has 12 rings (SSSR count). The first-order valence-corrected chi connectivity index (χ1v) is 20.7. The van der Waals surface area contributed by atoms with Crippen molar-refractivity contribution in [2.75, 3.05) is 0 Å². The Bertz CT molecular complexity index is 3380. The summed E-state index contributed by atoms with van der Waals surface area (Å²) in [5, 5.41) is 10.2. The zero-order valence-electron chi connectivity index (χ0n) is 33.3. The highest BCUT2D eigenvalue weighted by Gasteiger charge is 2.37. The SMILES string of the molecule is CC1(C)c2ccccc2-c2ccc(-c3c4ccccc4c(-c4ccc5c(c4)C(C)(C)c4ccccc4-5)c4cc5c(cc34)c(-c3ccccc3)cc3ccccc35)cc21. The van der Waals surface area contributed by atoms with Crippen LogP contribution in [-0.2, 0) is 10.8 Å². The number of hydrogen-bond acceptors (Lipinski definition) is 0. The Morgan fingerprint density at radius 2 is 0.707 bits per heavy atom. The molecule has 0 saturated heterocycles. The van der Waals surface area contributed by atoms with Crippen LogP contribution < -0.4 is 0 Å². The van der Waals surface area contributed by atoms with Crippen molar-refractivity contribution in [1.82, 2.24) is 0 Å². The van der Waals surface area contributed by atoms with E-state index in [1.807, 2.05) is 0 Å². The molecule has 10 aromatic carbocycles. The first-order valence-electron chi connectivity index (χ1n) is 20.7. The van der Waals surface area contributed by atoms with Crippen LogP contribution in [0.5, 0.6) is 0 Å². The molecule has 10 aromatic rings. The molecular formula is C58H42. The van der Waals surface area contributed by atoms with Crippen molar-refractivity contribution in [1.29, 1.82) is 0 Å². The van der Waals surface area contributed by atoms with Gasteiger partial charge < -0.3 is 0 Å². The van der Waals surface area contributed by atoms with Gasteiger partial charge in [-0.2, -0.15) is 0 Å². The lowest BCUT2D eigenvalue weighted by atomic mass is 9.79. The summed E-state index contributed by atoms with van der Waals surface area (Å²) in [6, 6.07) is 69.0. The third-order valence-corrected chi connectivity index (χ3v) is 13.8. The first-order chi connectivity index (χ1) is 28.3. The van der Waals surface area contributed by atoms with Gasteiger partial charge in [-0.05, 0) is 151 Å². The van der Waals surface area contributed by atoms with E-state index >= 15 is 0 Å². The van der Waals surface area contributed by atoms with E-state index in [0.717, 1.165) is 0 Å². The second kappa shape index (κ2) is 11.9. The Morgan fingerprint density at radius 1 is 0.259 bits per heavy atom. The molecule has 2 aliphatic rings. The van der Waals surface area contributed by atoms with Crippen LogP contribution in [0, 0.1) is 0 Å². The van der Waals surface area contributed by atoms with Gasteiger partial charge in [-0.15, -0.1) is 0 Å². The van der Waals surface area contributed by atoms with Gasteiger partial charge in [0.25, 0.3) is 0 Å². The van der Waals surface area contributed by atoms with Crippen molar-refractivity contribution in [2.45, 2.75) is 38.5 Å². The minimum Gasteiger partial charge on any atom is -0.0622 e. The predicted octanol–water partition coefficient (Wildman–Crippen LogP) is 15.9. The third-order valence-electron chi connectivity index (χ3n) is 13.8. The fraction of sp³-hybridized carbons (Fsp3) is 0.103. The minimum absolute atomic E-state index is 0.101. The van der Waals surface area contributed by atoms with E-state index in [9.17, 15) is 0 Å². The van der Waals surface area contributed by atoms with E-state index < -0.39 is 0 Å². The van der Waals surface area contributed by atoms with Crippen molar-refractivity contribution < 1.29 is 0 Å². The van der Waals surface area contributed by atoms with Gasteiger partial charge in [0, 0.05) is 10.8 Å². The molecule has 0 spiro atoms. The molecule has 0 N–H and O–H groups in total. The lowest BCUT2D eigenvalue weighted by Crippen LogP contribution is -2.15. The molecule has 0 heterocycles. The summed E-state index contributed by atoms with van der Waals surface area (Å²) in [7, 11) is 0. The first kappa shape index (κ1) is 33.4. The fourth-order valence-electron chi connectivity index (χ4n) is 11.0. The zero-order chi connectivity index (χ0) is 38.9. The summed E-state index contributed by atoms with van der Waals surface area (Å²) in [6.07, 6.45) is 0. The molecule has 0 aliphatic heterocycles. The Morgan fingerprint density at radius 3 is 1.28 bits per heavy atom. The predicted molar refractivity (Wildman–Crippen MR) is 248 cm³/mol. The Kier molecular flexibility index (Phi) is 6.84. The molecular weight excluding hydrogens is 697 g/mol.